The summed E-state index contributed by atoms with van der Waals surface area (Å²) in [5, 5.41) is 12.1. The number of rotatable bonds is 4. The minimum atomic E-state index is 0.642. The molecule has 0 aliphatic carbocycles. The third-order valence-electron chi connectivity index (χ3n) is 10.9. The van der Waals surface area contributed by atoms with Gasteiger partial charge in [-0.15, -0.1) is 0 Å². The van der Waals surface area contributed by atoms with Gasteiger partial charge in [-0.3, -0.25) is 0 Å². The van der Waals surface area contributed by atoms with E-state index in [1.165, 1.54) is 71.1 Å². The predicted octanol–water partition coefficient (Wildman–Crippen LogP) is 14.3. The average Bonchev–Trinajstić information content (AvgIpc) is 3.68. The van der Waals surface area contributed by atoms with Crippen LogP contribution in [0.2, 0.25) is 0 Å². The fraction of sp³-hybridized carbons (Fsp3) is 0. The zero-order valence-corrected chi connectivity index (χ0v) is 28.8. The Morgan fingerprint density at radius 1 is 0.340 bits per heavy atom. The number of oxazole rings is 1. The summed E-state index contributed by atoms with van der Waals surface area (Å²) >= 11 is 0. The molecule has 2 heteroatoms. The van der Waals surface area contributed by atoms with Crippen molar-refractivity contribution in [2.75, 3.05) is 0 Å². The van der Waals surface area contributed by atoms with E-state index in [1.807, 2.05) is 30.3 Å². The Bertz CT molecular complexity index is 3150. The molecular weight excluding hydrogens is 643 g/mol. The molecule has 0 unspecified atom stereocenters. The van der Waals surface area contributed by atoms with Gasteiger partial charge in [0.1, 0.15) is 5.52 Å². The summed E-state index contributed by atoms with van der Waals surface area (Å²) in [5.41, 5.74) is 10.1. The summed E-state index contributed by atoms with van der Waals surface area (Å²) in [4.78, 5) is 4.87. The van der Waals surface area contributed by atoms with Crippen molar-refractivity contribution < 1.29 is 4.42 Å². The molecule has 0 radical (unpaired) electrons. The first-order valence-corrected chi connectivity index (χ1v) is 18.1. The van der Waals surface area contributed by atoms with Gasteiger partial charge in [-0.05, 0) is 106 Å². The second kappa shape index (κ2) is 11.8. The summed E-state index contributed by atoms with van der Waals surface area (Å²) in [6, 6.07) is 67.7. The lowest BCUT2D eigenvalue weighted by molar-refractivity contribution is 0.623. The Kier molecular flexibility index (Phi) is 6.59. The Hall–Kier alpha value is -7.03. The molecule has 0 fully saturated rings. The second-order valence-corrected chi connectivity index (χ2v) is 13.8. The molecule has 1 aromatic heterocycles. The van der Waals surface area contributed by atoms with E-state index in [9.17, 15) is 0 Å². The SMILES string of the molecule is c1ccc(-c2nc3ccc4ccc5cc(-c6c7ccccc7c(-c7ccc(-c8cccc9ccccc89)cc7)c7ccccc67)ccc5c4c3o2)cc1. The lowest BCUT2D eigenvalue weighted by Gasteiger charge is -2.18. The standard InChI is InChI=1S/C51H31NO/c1-2-12-36(13-3-1)51-52-46-30-28-35-25-26-37-31-38(27-29-41(37)49(35)50(46)53-51)48-44-18-8-6-16-42(44)47(43-17-7-9-19-45(43)48)34-23-21-33(22-24-34)40-20-10-14-32-11-4-5-15-39(32)40/h1-31H. The normalized spacial score (nSPS) is 11.8. The molecule has 11 rings (SSSR count). The Morgan fingerprint density at radius 2 is 0.906 bits per heavy atom. The molecule has 0 atom stereocenters. The van der Waals surface area contributed by atoms with Gasteiger partial charge in [0.2, 0.25) is 5.89 Å². The van der Waals surface area contributed by atoms with Crippen molar-refractivity contribution in [2.45, 2.75) is 0 Å². The zero-order chi connectivity index (χ0) is 34.9. The van der Waals surface area contributed by atoms with Crippen molar-refractivity contribution >= 4 is 65.0 Å². The molecule has 1 heterocycles. The number of hydrogen-bond donors (Lipinski definition) is 0. The maximum atomic E-state index is 6.50. The van der Waals surface area contributed by atoms with E-state index in [4.69, 9.17) is 9.40 Å². The van der Waals surface area contributed by atoms with Crippen molar-refractivity contribution in [2.24, 2.45) is 0 Å². The van der Waals surface area contributed by atoms with Gasteiger partial charge in [-0.25, -0.2) is 4.98 Å². The molecule has 0 saturated heterocycles. The van der Waals surface area contributed by atoms with E-state index >= 15 is 0 Å². The first kappa shape index (κ1) is 29.7. The fourth-order valence-corrected chi connectivity index (χ4v) is 8.44. The van der Waals surface area contributed by atoms with Gasteiger partial charge in [0.15, 0.2) is 5.58 Å². The Labute approximate surface area is 306 Å². The van der Waals surface area contributed by atoms with Crippen LogP contribution in [0.15, 0.2) is 192 Å². The molecule has 0 spiro atoms. The van der Waals surface area contributed by atoms with Gasteiger partial charge in [-0.2, -0.15) is 0 Å². The highest BCUT2D eigenvalue weighted by atomic mass is 16.3. The van der Waals surface area contributed by atoms with Crippen LogP contribution in [0, 0.1) is 0 Å². The van der Waals surface area contributed by atoms with Crippen LogP contribution in [-0.2, 0) is 0 Å². The Balaban J connectivity index is 1.09. The zero-order valence-electron chi connectivity index (χ0n) is 28.8. The first-order valence-electron chi connectivity index (χ1n) is 18.1. The number of hydrogen-bond acceptors (Lipinski definition) is 2. The quantitative estimate of drug-likeness (QED) is 0.137. The smallest absolute Gasteiger partial charge is 0.227 e. The van der Waals surface area contributed by atoms with Crippen LogP contribution >= 0.6 is 0 Å². The Morgan fingerprint density at radius 3 is 1.64 bits per heavy atom. The van der Waals surface area contributed by atoms with Crippen molar-refractivity contribution in [3.05, 3.63) is 188 Å². The summed E-state index contributed by atoms with van der Waals surface area (Å²) < 4.78 is 6.50. The van der Waals surface area contributed by atoms with Crippen LogP contribution in [0.4, 0.5) is 0 Å². The highest BCUT2D eigenvalue weighted by molar-refractivity contribution is 6.23. The van der Waals surface area contributed by atoms with Gasteiger partial charge in [-0.1, -0.05) is 164 Å². The topological polar surface area (TPSA) is 26.0 Å². The molecule has 0 aliphatic heterocycles. The summed E-state index contributed by atoms with van der Waals surface area (Å²) in [6.45, 7) is 0. The number of nitrogens with zero attached hydrogens (tertiary/aromatic N) is 1. The average molecular weight is 674 g/mol. The van der Waals surface area contributed by atoms with E-state index in [0.29, 0.717) is 5.89 Å². The monoisotopic (exact) mass is 673 g/mol. The molecule has 0 amide bonds. The van der Waals surface area contributed by atoms with Crippen LogP contribution in [0.25, 0.3) is 110 Å². The largest absolute Gasteiger partial charge is 0.435 e. The van der Waals surface area contributed by atoms with Crippen molar-refractivity contribution in [3.63, 3.8) is 0 Å². The molecule has 246 valence electrons. The van der Waals surface area contributed by atoms with E-state index in [0.717, 1.165) is 32.8 Å². The molecule has 2 nitrogen and oxygen atoms in total. The van der Waals surface area contributed by atoms with Gasteiger partial charge in [0.25, 0.3) is 0 Å². The first-order chi connectivity index (χ1) is 26.3. The molecule has 0 bridgehead atoms. The fourth-order valence-electron chi connectivity index (χ4n) is 8.44. The third kappa shape index (κ3) is 4.70. The van der Waals surface area contributed by atoms with Gasteiger partial charge >= 0.3 is 0 Å². The van der Waals surface area contributed by atoms with E-state index < -0.39 is 0 Å². The summed E-state index contributed by atoms with van der Waals surface area (Å²) in [6.07, 6.45) is 0. The summed E-state index contributed by atoms with van der Waals surface area (Å²) in [7, 11) is 0. The van der Waals surface area contributed by atoms with Crippen LogP contribution in [0.3, 0.4) is 0 Å². The molecule has 0 N–H and O–H groups in total. The van der Waals surface area contributed by atoms with Gasteiger partial charge < -0.3 is 4.42 Å². The summed E-state index contributed by atoms with van der Waals surface area (Å²) in [5.74, 6) is 0.642. The maximum absolute atomic E-state index is 6.50. The molecule has 11 aromatic rings. The van der Waals surface area contributed by atoms with E-state index in [-0.39, 0.29) is 0 Å². The number of benzene rings is 10. The maximum Gasteiger partial charge on any atom is 0.227 e. The minimum absolute atomic E-state index is 0.642. The van der Waals surface area contributed by atoms with Crippen LogP contribution in [0.5, 0.6) is 0 Å². The predicted molar refractivity (Wildman–Crippen MR) is 223 cm³/mol. The third-order valence-corrected chi connectivity index (χ3v) is 10.9. The molecule has 0 saturated carbocycles. The molecule has 53 heavy (non-hydrogen) atoms. The van der Waals surface area contributed by atoms with Crippen LogP contribution in [-0.4, -0.2) is 4.98 Å². The number of aromatic nitrogens is 1. The minimum Gasteiger partial charge on any atom is -0.435 e. The van der Waals surface area contributed by atoms with E-state index in [2.05, 4.69) is 158 Å². The lowest BCUT2D eigenvalue weighted by Crippen LogP contribution is -1.91. The van der Waals surface area contributed by atoms with Crippen molar-refractivity contribution in [1.82, 2.24) is 4.98 Å². The molecule has 0 aliphatic rings. The highest BCUT2D eigenvalue weighted by Crippen LogP contribution is 2.45. The van der Waals surface area contributed by atoms with E-state index in [1.54, 1.807) is 0 Å². The van der Waals surface area contributed by atoms with Gasteiger partial charge in [0, 0.05) is 10.9 Å². The molecular formula is C51H31NO. The van der Waals surface area contributed by atoms with Crippen LogP contribution < -0.4 is 0 Å². The number of fused-ring (bicyclic) bond motifs is 8. The molecule has 10 aromatic carbocycles. The van der Waals surface area contributed by atoms with Crippen molar-refractivity contribution in [3.8, 4) is 44.8 Å². The van der Waals surface area contributed by atoms with Crippen molar-refractivity contribution in [1.29, 1.82) is 0 Å². The van der Waals surface area contributed by atoms with Crippen LogP contribution in [0.1, 0.15) is 0 Å². The van der Waals surface area contributed by atoms with Gasteiger partial charge in [0.05, 0.1) is 0 Å². The lowest BCUT2D eigenvalue weighted by atomic mass is 9.85. The highest BCUT2D eigenvalue weighted by Gasteiger charge is 2.18. The second-order valence-electron chi connectivity index (χ2n) is 13.8.